The van der Waals surface area contributed by atoms with Crippen molar-refractivity contribution in [3.05, 3.63) is 58.2 Å². The van der Waals surface area contributed by atoms with Crippen LogP contribution in [0.4, 0.5) is 0 Å². The molecule has 1 aliphatic rings. The van der Waals surface area contributed by atoms with E-state index < -0.39 is 54.3 Å². The first kappa shape index (κ1) is 40.2. The molecule has 2 atom stereocenters. The predicted octanol–water partition coefficient (Wildman–Crippen LogP) is 5.07. The van der Waals surface area contributed by atoms with E-state index in [1.165, 1.54) is 27.4 Å². The minimum Gasteiger partial charge on any atom is -0.507 e. The van der Waals surface area contributed by atoms with Crippen LogP contribution in [0.5, 0.6) is 28.7 Å². The summed E-state index contributed by atoms with van der Waals surface area (Å²) in [4.78, 5) is 56.3. The average molecular weight is 737 g/mol. The third-order valence-corrected chi connectivity index (χ3v) is 8.76. The molecule has 0 saturated carbocycles. The number of benzene rings is 2. The molecule has 4 N–H and O–H groups in total. The maximum atomic E-state index is 13.7. The van der Waals surface area contributed by atoms with Gasteiger partial charge in [0.1, 0.15) is 22.8 Å². The smallest absolute Gasteiger partial charge is 0.342 e. The second kappa shape index (κ2) is 18.8. The minimum atomic E-state index is -1.11. The number of allylic oxidation sites excluding steroid dienone is 1. The van der Waals surface area contributed by atoms with E-state index in [-0.39, 0.29) is 58.1 Å². The van der Waals surface area contributed by atoms with Crippen molar-refractivity contribution in [3.63, 3.8) is 0 Å². The fourth-order valence-electron chi connectivity index (χ4n) is 5.96. The Bertz CT molecular complexity index is 1790. The molecule has 0 bridgehead atoms. The summed E-state index contributed by atoms with van der Waals surface area (Å²) in [6, 6.07) is 4.45. The van der Waals surface area contributed by atoms with Gasteiger partial charge in [-0.05, 0) is 61.9 Å². The molecule has 15 heteroatoms. The maximum Gasteiger partial charge on any atom is 0.342 e. The van der Waals surface area contributed by atoms with E-state index in [9.17, 15) is 29.4 Å². The molecular weight excluding hydrogens is 688 g/mol. The van der Waals surface area contributed by atoms with Crippen LogP contribution < -0.4 is 24.8 Å². The molecule has 15 nitrogen and oxygen atoms in total. The third kappa shape index (κ3) is 10.5. The van der Waals surface area contributed by atoms with Crippen LogP contribution in [0.15, 0.2) is 28.8 Å². The Labute approximate surface area is 308 Å². The Kier molecular flexibility index (Phi) is 14.2. The highest BCUT2D eigenvalue weighted by Gasteiger charge is 2.32. The van der Waals surface area contributed by atoms with Crippen molar-refractivity contribution in [2.75, 3.05) is 27.9 Å². The monoisotopic (exact) mass is 736 g/mol. The van der Waals surface area contributed by atoms with Crippen LogP contribution in [-0.4, -0.2) is 77.9 Å². The lowest BCUT2D eigenvalue weighted by molar-refractivity contribution is -0.126. The highest BCUT2D eigenvalue weighted by Crippen LogP contribution is 2.47. The molecular formula is C38H48N4O11. The molecule has 0 saturated heterocycles. The van der Waals surface area contributed by atoms with Crippen LogP contribution in [-0.2, 0) is 25.7 Å². The molecule has 286 valence electrons. The number of fused-ring (bicyclic) bond motifs is 1. The first-order chi connectivity index (χ1) is 25.4. The van der Waals surface area contributed by atoms with Gasteiger partial charge < -0.3 is 44.3 Å². The normalized spacial score (nSPS) is 15.9. The molecule has 0 aliphatic carbocycles. The topological polar surface area (TPSA) is 209 Å². The summed E-state index contributed by atoms with van der Waals surface area (Å²) in [5.41, 5.74) is 0.202. The van der Waals surface area contributed by atoms with E-state index in [4.69, 9.17) is 23.5 Å². The average Bonchev–Trinajstić information content (AvgIpc) is 3.61. The van der Waals surface area contributed by atoms with Gasteiger partial charge in [0.15, 0.2) is 17.3 Å². The Hall–Kier alpha value is -5.60. The Morgan fingerprint density at radius 1 is 0.981 bits per heavy atom. The van der Waals surface area contributed by atoms with Crippen molar-refractivity contribution in [1.29, 1.82) is 0 Å². The molecule has 1 unspecified atom stereocenters. The molecule has 2 aromatic carbocycles. The molecule has 1 aliphatic heterocycles. The number of methoxy groups -OCH3 is 3. The third-order valence-electron chi connectivity index (χ3n) is 8.76. The zero-order valence-corrected chi connectivity index (χ0v) is 30.9. The Balaban J connectivity index is 1.71. The van der Waals surface area contributed by atoms with Gasteiger partial charge in [0.05, 0.1) is 40.5 Å². The Morgan fingerprint density at radius 3 is 2.32 bits per heavy atom. The second-order valence-electron chi connectivity index (χ2n) is 13.0. The van der Waals surface area contributed by atoms with Gasteiger partial charge in [-0.1, -0.05) is 31.2 Å². The number of rotatable bonds is 12. The standard InChI is InChI=1S/C38H48N4O11/c1-21(2)37-41-32(53-42-37)20-40-31(46)19-39-30(45)18-26(24-16-28(49-4)36(51-6)29(17-24)50-5)34-27(44)15-23-12-8-7-9-13-25(43)14-10-11-22(3)52-38(48)33(23)35(34)47/h8,12,15-17,21-22,26,44,47H,7,9-11,13-14,18-20H2,1-6H3,(H,39,45)(H,40,46)/t22-,26?/m0/s1. The quantitative estimate of drug-likeness (QED) is 0.179. The summed E-state index contributed by atoms with van der Waals surface area (Å²) in [6.45, 7) is 5.06. The number of carbonyl (C=O) groups excluding carboxylic acids is 4. The van der Waals surface area contributed by atoms with Crippen molar-refractivity contribution < 1.29 is 52.9 Å². The summed E-state index contributed by atoms with van der Waals surface area (Å²) >= 11 is 0. The van der Waals surface area contributed by atoms with Crippen molar-refractivity contribution in [2.24, 2.45) is 0 Å². The maximum absolute atomic E-state index is 13.7. The van der Waals surface area contributed by atoms with Crippen LogP contribution in [0.2, 0.25) is 0 Å². The van der Waals surface area contributed by atoms with Crippen LogP contribution in [0.25, 0.3) is 6.08 Å². The molecule has 53 heavy (non-hydrogen) atoms. The van der Waals surface area contributed by atoms with E-state index in [2.05, 4.69) is 20.8 Å². The van der Waals surface area contributed by atoms with Gasteiger partial charge in [-0.15, -0.1) is 0 Å². The van der Waals surface area contributed by atoms with Gasteiger partial charge >= 0.3 is 5.97 Å². The number of nitrogens with one attached hydrogen (secondary N) is 2. The summed E-state index contributed by atoms with van der Waals surface area (Å²) < 4.78 is 27.4. The van der Waals surface area contributed by atoms with E-state index in [0.29, 0.717) is 49.9 Å². The van der Waals surface area contributed by atoms with Gasteiger partial charge in [-0.25, -0.2) is 4.79 Å². The molecule has 2 amide bonds. The molecule has 0 fully saturated rings. The number of hydrogen-bond acceptors (Lipinski definition) is 13. The molecule has 0 spiro atoms. The van der Waals surface area contributed by atoms with Crippen molar-refractivity contribution >= 4 is 29.6 Å². The largest absolute Gasteiger partial charge is 0.507 e. The number of ketones is 1. The van der Waals surface area contributed by atoms with Crippen molar-refractivity contribution in [3.8, 4) is 28.7 Å². The molecule has 0 radical (unpaired) electrons. The number of phenolic OH excluding ortho intramolecular Hbond substituents is 2. The number of nitrogens with zero attached hydrogens (tertiary/aromatic N) is 2. The lowest BCUT2D eigenvalue weighted by Gasteiger charge is -2.24. The predicted molar refractivity (Wildman–Crippen MR) is 192 cm³/mol. The molecule has 4 rings (SSSR count). The number of Topliss-reactive ketones (excluding diaryl/α,β-unsaturated/α-hetero) is 1. The van der Waals surface area contributed by atoms with Crippen molar-refractivity contribution in [1.82, 2.24) is 20.8 Å². The number of hydrogen-bond donors (Lipinski definition) is 4. The number of carbonyl (C=O) groups is 4. The lowest BCUT2D eigenvalue weighted by atomic mass is 9.84. The van der Waals surface area contributed by atoms with Gasteiger partial charge in [0.25, 0.3) is 0 Å². The summed E-state index contributed by atoms with van der Waals surface area (Å²) in [5, 5.41) is 32.5. The van der Waals surface area contributed by atoms with E-state index >= 15 is 0 Å². The SMILES string of the molecule is COc1cc(C(CC(=O)NCC(=O)NCc2nc(C(C)C)no2)c2c(O)cc3c(c2O)C(=O)O[C@@H](C)CCCC(=O)CCCC=C3)cc(OC)c1OC. The number of aromatic nitrogens is 2. The van der Waals surface area contributed by atoms with Gasteiger partial charge in [-0.3, -0.25) is 14.4 Å². The summed E-state index contributed by atoms with van der Waals surface area (Å²) in [5.74, 6) is -2.48. The highest BCUT2D eigenvalue weighted by atomic mass is 16.5. The fraction of sp³-hybridized carbons (Fsp3) is 0.474. The van der Waals surface area contributed by atoms with Crippen molar-refractivity contribution in [2.45, 2.75) is 90.2 Å². The van der Waals surface area contributed by atoms with Crippen LogP contribution in [0, 0.1) is 0 Å². The second-order valence-corrected chi connectivity index (χ2v) is 13.0. The van der Waals surface area contributed by atoms with Gasteiger partial charge in [0.2, 0.25) is 23.5 Å². The van der Waals surface area contributed by atoms with E-state index in [1.807, 2.05) is 13.8 Å². The summed E-state index contributed by atoms with van der Waals surface area (Å²) in [6.07, 6.45) is 5.25. The van der Waals surface area contributed by atoms with Gasteiger partial charge in [0, 0.05) is 36.7 Å². The number of esters is 1. The first-order valence-electron chi connectivity index (χ1n) is 17.5. The van der Waals surface area contributed by atoms with Crippen LogP contribution >= 0.6 is 0 Å². The number of cyclic esters (lactones) is 1. The lowest BCUT2D eigenvalue weighted by Crippen LogP contribution is -2.37. The zero-order valence-electron chi connectivity index (χ0n) is 30.9. The van der Waals surface area contributed by atoms with E-state index in [1.54, 1.807) is 31.2 Å². The minimum absolute atomic E-state index is 0.0410. The fourth-order valence-corrected chi connectivity index (χ4v) is 5.96. The van der Waals surface area contributed by atoms with Crippen LogP contribution in [0.1, 0.15) is 116 Å². The molecule has 1 aromatic heterocycles. The number of phenols is 2. The number of amides is 2. The molecule has 3 aromatic rings. The van der Waals surface area contributed by atoms with Crippen LogP contribution in [0.3, 0.4) is 0 Å². The highest BCUT2D eigenvalue weighted by molar-refractivity contribution is 5.98. The van der Waals surface area contributed by atoms with Gasteiger partial charge in [-0.2, -0.15) is 4.98 Å². The summed E-state index contributed by atoms with van der Waals surface area (Å²) in [7, 11) is 4.26. The first-order valence-corrected chi connectivity index (χ1v) is 17.5. The molecule has 2 heterocycles. The number of aromatic hydroxyl groups is 2. The zero-order chi connectivity index (χ0) is 38.7. The number of ether oxygens (including phenoxy) is 4. The van der Waals surface area contributed by atoms with E-state index in [0.717, 1.165) is 0 Å². The Morgan fingerprint density at radius 2 is 1.68 bits per heavy atom.